The van der Waals surface area contributed by atoms with Crippen LogP contribution in [0.1, 0.15) is 11.8 Å². The Bertz CT molecular complexity index is 429. The summed E-state index contributed by atoms with van der Waals surface area (Å²) in [5.41, 5.74) is 0. The zero-order chi connectivity index (χ0) is 12.7. The molecule has 0 fully saturated rings. The molecule has 7 heteroatoms. The predicted molar refractivity (Wildman–Crippen MR) is 75.3 cm³/mol. The lowest BCUT2D eigenvalue weighted by atomic mass is 10.4. The van der Waals surface area contributed by atoms with Gasteiger partial charge in [0.05, 0.1) is 0 Å². The van der Waals surface area contributed by atoms with E-state index in [1.807, 2.05) is 19.2 Å². The van der Waals surface area contributed by atoms with E-state index in [-0.39, 0.29) is 0 Å². The van der Waals surface area contributed by atoms with Gasteiger partial charge in [0.1, 0.15) is 4.21 Å². The van der Waals surface area contributed by atoms with Crippen LogP contribution in [0.4, 0.5) is 0 Å². The number of sulfonamides is 1. The van der Waals surface area contributed by atoms with Crippen LogP contribution in [0.2, 0.25) is 0 Å². The van der Waals surface area contributed by atoms with Gasteiger partial charge < -0.3 is 5.32 Å². The fourth-order valence-corrected chi connectivity index (χ4v) is 4.03. The zero-order valence-electron chi connectivity index (χ0n) is 10.0. The van der Waals surface area contributed by atoms with Crippen molar-refractivity contribution in [3.63, 3.8) is 0 Å². The van der Waals surface area contributed by atoms with Crippen LogP contribution in [0.5, 0.6) is 0 Å². The third-order valence-electron chi connectivity index (χ3n) is 2.05. The second-order valence-electron chi connectivity index (χ2n) is 3.39. The fraction of sp³-hybridized carbons (Fsp3) is 0.600. The predicted octanol–water partition coefficient (Wildman–Crippen LogP) is 1.50. The second-order valence-corrected chi connectivity index (χ2v) is 7.54. The molecule has 0 aliphatic rings. The Hall–Kier alpha value is -0.0800. The molecule has 0 amide bonds. The number of thioether (sulfide) groups is 1. The smallest absolute Gasteiger partial charge is 0.250 e. The first-order valence-corrected chi connectivity index (χ1v) is 9.07. The van der Waals surface area contributed by atoms with Gasteiger partial charge in [0.25, 0.3) is 0 Å². The van der Waals surface area contributed by atoms with Crippen LogP contribution >= 0.6 is 23.1 Å². The van der Waals surface area contributed by atoms with Gasteiger partial charge in [0, 0.05) is 23.7 Å². The molecule has 0 atom stereocenters. The lowest BCUT2D eigenvalue weighted by molar-refractivity contribution is 0.586. The summed E-state index contributed by atoms with van der Waals surface area (Å²) in [6, 6.07) is 3.52. The van der Waals surface area contributed by atoms with Crippen molar-refractivity contribution >= 4 is 33.1 Å². The molecule has 0 saturated carbocycles. The molecule has 98 valence electrons. The number of hydrogen-bond donors (Lipinski definition) is 2. The molecule has 0 saturated heterocycles. The Morgan fingerprint density at radius 3 is 2.82 bits per heavy atom. The average molecular weight is 294 g/mol. The van der Waals surface area contributed by atoms with Crippen molar-refractivity contribution in [2.45, 2.75) is 17.7 Å². The van der Waals surface area contributed by atoms with E-state index in [2.05, 4.69) is 10.0 Å². The Kier molecular flexibility index (Phi) is 6.50. The third kappa shape index (κ3) is 4.97. The van der Waals surface area contributed by atoms with Crippen molar-refractivity contribution in [2.75, 3.05) is 25.1 Å². The van der Waals surface area contributed by atoms with Gasteiger partial charge in [-0.2, -0.15) is 11.8 Å². The quantitative estimate of drug-likeness (QED) is 0.713. The highest BCUT2D eigenvalue weighted by Crippen LogP contribution is 2.21. The molecule has 1 rings (SSSR count). The lowest BCUT2D eigenvalue weighted by Gasteiger charge is -2.02. The van der Waals surface area contributed by atoms with Crippen molar-refractivity contribution in [3.8, 4) is 0 Å². The van der Waals surface area contributed by atoms with Crippen molar-refractivity contribution < 1.29 is 8.42 Å². The first-order valence-electron chi connectivity index (χ1n) is 5.38. The maximum atomic E-state index is 11.9. The Labute approximate surface area is 111 Å². The first kappa shape index (κ1) is 15.0. The van der Waals surface area contributed by atoms with Crippen molar-refractivity contribution in [3.05, 3.63) is 17.0 Å². The van der Waals surface area contributed by atoms with E-state index in [0.29, 0.717) is 10.8 Å². The van der Waals surface area contributed by atoms with Crippen molar-refractivity contribution in [2.24, 2.45) is 0 Å². The monoisotopic (exact) mass is 294 g/mol. The van der Waals surface area contributed by atoms with Crippen LogP contribution in [-0.4, -0.2) is 33.5 Å². The van der Waals surface area contributed by atoms with Crippen LogP contribution in [0.3, 0.4) is 0 Å². The molecule has 0 unspecified atom stereocenters. The highest BCUT2D eigenvalue weighted by atomic mass is 32.2. The summed E-state index contributed by atoms with van der Waals surface area (Å²) in [7, 11) is -3.31. The van der Waals surface area contributed by atoms with Crippen LogP contribution in [0.15, 0.2) is 16.3 Å². The van der Waals surface area contributed by atoms with Crippen LogP contribution < -0.4 is 10.0 Å². The molecule has 17 heavy (non-hydrogen) atoms. The van der Waals surface area contributed by atoms with E-state index in [1.54, 1.807) is 17.8 Å². The van der Waals surface area contributed by atoms with Crippen molar-refractivity contribution in [1.82, 2.24) is 10.0 Å². The topological polar surface area (TPSA) is 58.2 Å². The third-order valence-corrected chi connectivity index (χ3v) is 5.70. The van der Waals surface area contributed by atoms with E-state index in [1.165, 1.54) is 11.3 Å². The van der Waals surface area contributed by atoms with Gasteiger partial charge >= 0.3 is 0 Å². The molecule has 1 aromatic heterocycles. The van der Waals surface area contributed by atoms with E-state index in [9.17, 15) is 8.42 Å². The number of hydrogen-bond acceptors (Lipinski definition) is 5. The minimum Gasteiger partial charge on any atom is -0.312 e. The standard InChI is InChI=1S/C10H18N2O2S3/c1-3-11-8-9-4-5-10(16-9)17(13,14)12-6-7-15-2/h4-5,11-12H,3,6-8H2,1-2H3. The molecule has 4 nitrogen and oxygen atoms in total. The minimum atomic E-state index is -3.31. The van der Waals surface area contributed by atoms with E-state index < -0.39 is 10.0 Å². The fourth-order valence-electron chi connectivity index (χ4n) is 1.20. The lowest BCUT2D eigenvalue weighted by Crippen LogP contribution is -2.25. The maximum Gasteiger partial charge on any atom is 0.250 e. The molecule has 1 aromatic rings. The largest absolute Gasteiger partial charge is 0.312 e. The summed E-state index contributed by atoms with van der Waals surface area (Å²) in [6.07, 6.45) is 1.95. The van der Waals surface area contributed by atoms with Crippen LogP contribution in [-0.2, 0) is 16.6 Å². The van der Waals surface area contributed by atoms with Gasteiger partial charge in [-0.05, 0) is 24.9 Å². The molecule has 0 spiro atoms. The SMILES string of the molecule is CCNCc1ccc(S(=O)(=O)NCCSC)s1. The summed E-state index contributed by atoms with van der Waals surface area (Å²) < 4.78 is 26.7. The highest BCUT2D eigenvalue weighted by molar-refractivity contribution is 7.98. The summed E-state index contributed by atoms with van der Waals surface area (Å²) in [4.78, 5) is 1.04. The van der Waals surface area contributed by atoms with E-state index >= 15 is 0 Å². The van der Waals surface area contributed by atoms with Gasteiger partial charge in [-0.15, -0.1) is 11.3 Å². The molecular weight excluding hydrogens is 276 g/mol. The number of thiophene rings is 1. The molecule has 0 aliphatic carbocycles. The van der Waals surface area contributed by atoms with Crippen LogP contribution in [0.25, 0.3) is 0 Å². The van der Waals surface area contributed by atoms with Crippen molar-refractivity contribution in [1.29, 1.82) is 0 Å². The van der Waals surface area contributed by atoms with Crippen LogP contribution in [0, 0.1) is 0 Å². The van der Waals surface area contributed by atoms with Gasteiger partial charge in [-0.1, -0.05) is 6.92 Å². The maximum absolute atomic E-state index is 11.9. The molecule has 1 heterocycles. The average Bonchev–Trinajstić information content (AvgIpc) is 2.76. The second kappa shape index (κ2) is 7.38. The number of rotatable bonds is 8. The molecular formula is C10H18N2O2S3. The summed E-state index contributed by atoms with van der Waals surface area (Å²) in [6.45, 7) is 4.10. The Morgan fingerprint density at radius 1 is 1.41 bits per heavy atom. The van der Waals surface area contributed by atoms with E-state index in [0.717, 1.165) is 23.7 Å². The van der Waals surface area contributed by atoms with Gasteiger partial charge in [0.15, 0.2) is 0 Å². The first-order chi connectivity index (χ1) is 8.10. The highest BCUT2D eigenvalue weighted by Gasteiger charge is 2.15. The minimum absolute atomic E-state index is 0.395. The molecule has 0 radical (unpaired) electrons. The molecule has 0 aliphatic heterocycles. The normalized spacial score (nSPS) is 11.9. The molecule has 2 N–H and O–H groups in total. The summed E-state index contributed by atoms with van der Waals surface area (Å²) >= 11 is 2.94. The Balaban J connectivity index is 2.61. The zero-order valence-corrected chi connectivity index (χ0v) is 12.5. The summed E-state index contributed by atoms with van der Waals surface area (Å²) in [5, 5.41) is 3.17. The van der Waals surface area contributed by atoms with E-state index in [4.69, 9.17) is 0 Å². The molecule has 0 aromatic carbocycles. The summed E-state index contributed by atoms with van der Waals surface area (Å²) in [5.74, 6) is 0.787. The molecule has 0 bridgehead atoms. The number of nitrogens with one attached hydrogen (secondary N) is 2. The van der Waals surface area contributed by atoms with Gasteiger partial charge in [-0.25, -0.2) is 13.1 Å². The Morgan fingerprint density at radius 2 is 2.18 bits per heavy atom. The van der Waals surface area contributed by atoms with Gasteiger partial charge in [0.2, 0.25) is 10.0 Å². The van der Waals surface area contributed by atoms with Gasteiger partial charge in [-0.3, -0.25) is 0 Å².